The average molecular weight is 248 g/mol. The molecule has 0 aromatic carbocycles. The predicted molar refractivity (Wildman–Crippen MR) is 69.7 cm³/mol. The first-order valence-electron chi connectivity index (χ1n) is 4.93. The van der Waals surface area contributed by atoms with E-state index in [1.165, 1.54) is 20.9 Å². The van der Waals surface area contributed by atoms with Crippen molar-refractivity contribution in [1.29, 1.82) is 0 Å². The fourth-order valence-electron chi connectivity index (χ4n) is 1.20. The zero-order valence-electron chi connectivity index (χ0n) is 9.18. The van der Waals surface area contributed by atoms with Crippen LogP contribution in [0.15, 0.2) is 46.7 Å². The van der Waals surface area contributed by atoms with Crippen molar-refractivity contribution in [3.8, 4) is 0 Å². The van der Waals surface area contributed by atoms with Crippen molar-refractivity contribution < 1.29 is 0 Å². The maximum Gasteiger partial charge on any atom is 0.0308 e. The third-order valence-corrected chi connectivity index (χ3v) is 4.84. The maximum atomic E-state index is 4.08. The lowest BCUT2D eigenvalue weighted by molar-refractivity contribution is 1.18. The summed E-state index contributed by atoms with van der Waals surface area (Å²) in [6, 6.07) is 4.09. The van der Waals surface area contributed by atoms with Gasteiger partial charge >= 0.3 is 0 Å². The number of hydrogen-bond acceptors (Lipinski definition) is 4. The van der Waals surface area contributed by atoms with Crippen molar-refractivity contribution in [1.82, 2.24) is 9.97 Å². The van der Waals surface area contributed by atoms with Gasteiger partial charge in [0.25, 0.3) is 0 Å². The van der Waals surface area contributed by atoms with E-state index in [4.69, 9.17) is 0 Å². The van der Waals surface area contributed by atoms with Crippen LogP contribution < -0.4 is 0 Å². The van der Waals surface area contributed by atoms with Gasteiger partial charge in [-0.25, -0.2) is 0 Å². The smallest absolute Gasteiger partial charge is 0.0308 e. The third-order valence-electron chi connectivity index (χ3n) is 2.16. The van der Waals surface area contributed by atoms with Crippen LogP contribution in [-0.4, -0.2) is 9.97 Å². The fraction of sp³-hybridized carbons (Fsp3) is 0.167. The SMILES string of the molecule is Cc1cnccc1SSc1ccncc1C. The Kier molecular flexibility index (Phi) is 3.85. The van der Waals surface area contributed by atoms with Crippen molar-refractivity contribution in [3.63, 3.8) is 0 Å². The van der Waals surface area contributed by atoms with E-state index in [-0.39, 0.29) is 0 Å². The van der Waals surface area contributed by atoms with Gasteiger partial charge in [0.05, 0.1) is 0 Å². The van der Waals surface area contributed by atoms with Crippen molar-refractivity contribution >= 4 is 21.6 Å². The van der Waals surface area contributed by atoms with Crippen molar-refractivity contribution in [2.24, 2.45) is 0 Å². The molecule has 16 heavy (non-hydrogen) atoms. The van der Waals surface area contributed by atoms with E-state index in [9.17, 15) is 0 Å². The molecule has 2 heterocycles. The first-order valence-corrected chi connectivity index (χ1v) is 7.08. The molecule has 0 radical (unpaired) electrons. The van der Waals surface area contributed by atoms with Crippen LogP contribution in [0.4, 0.5) is 0 Å². The van der Waals surface area contributed by atoms with Gasteiger partial charge in [0.15, 0.2) is 0 Å². The summed E-state index contributed by atoms with van der Waals surface area (Å²) in [5.41, 5.74) is 2.43. The largest absolute Gasteiger partial charge is 0.264 e. The van der Waals surface area contributed by atoms with Crippen LogP contribution in [0.25, 0.3) is 0 Å². The lowest BCUT2D eigenvalue weighted by Gasteiger charge is -2.05. The normalized spacial score (nSPS) is 10.4. The first-order chi connectivity index (χ1) is 7.77. The molecule has 0 fully saturated rings. The van der Waals surface area contributed by atoms with E-state index in [0.717, 1.165) is 0 Å². The fourth-order valence-corrected chi connectivity index (χ4v) is 3.64. The van der Waals surface area contributed by atoms with Gasteiger partial charge in [0.1, 0.15) is 0 Å². The Bertz CT molecular complexity index is 440. The molecule has 0 aliphatic rings. The zero-order chi connectivity index (χ0) is 11.4. The van der Waals surface area contributed by atoms with Gasteiger partial charge in [-0.05, 0) is 37.1 Å². The molecule has 4 heteroatoms. The number of pyridine rings is 2. The highest BCUT2D eigenvalue weighted by atomic mass is 33.1. The Morgan fingerprint density at radius 3 is 1.62 bits per heavy atom. The molecule has 2 rings (SSSR count). The minimum atomic E-state index is 1.21. The van der Waals surface area contributed by atoms with Crippen LogP contribution in [0.5, 0.6) is 0 Å². The van der Waals surface area contributed by atoms with Crippen LogP contribution in [0, 0.1) is 13.8 Å². The topological polar surface area (TPSA) is 25.8 Å². The Balaban J connectivity index is 2.09. The number of hydrogen-bond donors (Lipinski definition) is 0. The van der Waals surface area contributed by atoms with E-state index >= 15 is 0 Å². The third kappa shape index (κ3) is 2.77. The number of aryl methyl sites for hydroxylation is 2. The molecule has 0 N–H and O–H groups in total. The molecule has 0 bridgehead atoms. The van der Waals surface area contributed by atoms with E-state index < -0.39 is 0 Å². The highest BCUT2D eigenvalue weighted by Gasteiger charge is 2.02. The van der Waals surface area contributed by atoms with Crippen LogP contribution in [0.3, 0.4) is 0 Å². The highest BCUT2D eigenvalue weighted by molar-refractivity contribution is 8.76. The summed E-state index contributed by atoms with van der Waals surface area (Å²) in [5, 5.41) is 0. The lowest BCUT2D eigenvalue weighted by atomic mass is 10.3. The Morgan fingerprint density at radius 1 is 0.812 bits per heavy atom. The van der Waals surface area contributed by atoms with Gasteiger partial charge < -0.3 is 0 Å². The average Bonchev–Trinajstić information content (AvgIpc) is 2.30. The van der Waals surface area contributed by atoms with Crippen LogP contribution in [-0.2, 0) is 0 Å². The monoisotopic (exact) mass is 248 g/mol. The molecule has 2 aromatic heterocycles. The number of rotatable bonds is 3. The van der Waals surface area contributed by atoms with Gasteiger partial charge in [0.2, 0.25) is 0 Å². The summed E-state index contributed by atoms with van der Waals surface area (Å²) >= 11 is 0. The number of nitrogens with zero attached hydrogens (tertiary/aromatic N) is 2. The Morgan fingerprint density at radius 2 is 1.25 bits per heavy atom. The second-order valence-corrected chi connectivity index (χ2v) is 5.66. The molecular weight excluding hydrogens is 236 g/mol. The molecule has 0 amide bonds. The van der Waals surface area contributed by atoms with Gasteiger partial charge in [-0.1, -0.05) is 21.6 Å². The predicted octanol–water partition coefficient (Wildman–Crippen LogP) is 3.89. The van der Waals surface area contributed by atoms with E-state index in [0.29, 0.717) is 0 Å². The maximum absolute atomic E-state index is 4.08. The zero-order valence-corrected chi connectivity index (χ0v) is 10.8. The lowest BCUT2D eigenvalue weighted by Crippen LogP contribution is -1.81. The van der Waals surface area contributed by atoms with Gasteiger partial charge in [-0.15, -0.1) is 0 Å². The van der Waals surface area contributed by atoms with E-state index in [1.807, 2.05) is 36.9 Å². The van der Waals surface area contributed by atoms with Gasteiger partial charge in [-0.2, -0.15) is 0 Å². The van der Waals surface area contributed by atoms with E-state index in [1.54, 1.807) is 21.6 Å². The van der Waals surface area contributed by atoms with E-state index in [2.05, 4.69) is 23.8 Å². The molecule has 0 aliphatic heterocycles. The summed E-state index contributed by atoms with van der Waals surface area (Å²) in [4.78, 5) is 10.7. The summed E-state index contributed by atoms with van der Waals surface area (Å²) in [6.45, 7) is 4.16. The second kappa shape index (κ2) is 5.37. The molecule has 0 aliphatic carbocycles. The standard InChI is InChI=1S/C12H12N2S2/c1-9-7-13-5-3-11(9)15-16-12-4-6-14-8-10(12)2/h3-8H,1-2H3. The number of aromatic nitrogens is 2. The van der Waals surface area contributed by atoms with Crippen LogP contribution >= 0.6 is 21.6 Å². The van der Waals surface area contributed by atoms with Gasteiger partial charge in [0, 0.05) is 34.6 Å². The summed E-state index contributed by atoms with van der Waals surface area (Å²) in [6.07, 6.45) is 7.44. The van der Waals surface area contributed by atoms with Gasteiger partial charge in [-0.3, -0.25) is 9.97 Å². The van der Waals surface area contributed by atoms with Crippen LogP contribution in [0.1, 0.15) is 11.1 Å². The Labute approximate surface area is 103 Å². The summed E-state index contributed by atoms with van der Waals surface area (Å²) in [5.74, 6) is 0. The minimum absolute atomic E-state index is 1.21. The molecule has 82 valence electrons. The van der Waals surface area contributed by atoms with Crippen molar-refractivity contribution in [2.75, 3.05) is 0 Å². The summed E-state index contributed by atoms with van der Waals surface area (Å²) in [7, 11) is 3.53. The molecule has 0 unspecified atom stereocenters. The summed E-state index contributed by atoms with van der Waals surface area (Å²) < 4.78 is 0. The first kappa shape index (κ1) is 11.5. The molecule has 2 aromatic rings. The van der Waals surface area contributed by atoms with Crippen LogP contribution in [0.2, 0.25) is 0 Å². The molecule has 2 nitrogen and oxygen atoms in total. The second-order valence-electron chi connectivity index (χ2n) is 3.45. The molecule has 0 spiro atoms. The minimum Gasteiger partial charge on any atom is -0.264 e. The molecular formula is C12H12N2S2. The molecule has 0 saturated carbocycles. The quantitative estimate of drug-likeness (QED) is 0.770. The highest BCUT2D eigenvalue weighted by Crippen LogP contribution is 2.39. The Hall–Kier alpha value is -1.00. The van der Waals surface area contributed by atoms with Crippen molar-refractivity contribution in [3.05, 3.63) is 48.0 Å². The molecule has 0 atom stereocenters. The van der Waals surface area contributed by atoms with Crippen molar-refractivity contribution in [2.45, 2.75) is 23.6 Å². The molecule has 0 saturated heterocycles.